The zero-order valence-corrected chi connectivity index (χ0v) is 13.5. The summed E-state index contributed by atoms with van der Waals surface area (Å²) in [5.41, 5.74) is 2.46. The van der Waals surface area contributed by atoms with Gasteiger partial charge < -0.3 is 14.8 Å². The summed E-state index contributed by atoms with van der Waals surface area (Å²) >= 11 is 6.61. The van der Waals surface area contributed by atoms with Gasteiger partial charge in [-0.05, 0) is 23.1 Å². The van der Waals surface area contributed by atoms with Gasteiger partial charge in [-0.3, -0.25) is 4.90 Å². The van der Waals surface area contributed by atoms with Crippen molar-refractivity contribution in [2.45, 2.75) is 26.3 Å². The lowest BCUT2D eigenvalue weighted by Crippen LogP contribution is -2.43. The first-order valence-electron chi connectivity index (χ1n) is 7.70. The van der Waals surface area contributed by atoms with Crippen molar-refractivity contribution in [3.05, 3.63) is 22.2 Å². The van der Waals surface area contributed by atoms with E-state index in [4.69, 9.17) is 21.1 Å². The molecule has 2 heterocycles. The van der Waals surface area contributed by atoms with Crippen LogP contribution in [0.4, 0.5) is 0 Å². The maximum Gasteiger partial charge on any atom is 0.180 e. The first-order valence-corrected chi connectivity index (χ1v) is 8.08. The van der Waals surface area contributed by atoms with Crippen LogP contribution in [0.5, 0.6) is 11.5 Å². The van der Waals surface area contributed by atoms with Gasteiger partial charge in [0.25, 0.3) is 0 Å². The summed E-state index contributed by atoms with van der Waals surface area (Å²) in [5.74, 6) is 1.88. The molecule has 4 nitrogen and oxygen atoms in total. The van der Waals surface area contributed by atoms with Crippen LogP contribution < -0.4 is 14.8 Å². The molecule has 1 aromatic rings. The second-order valence-corrected chi connectivity index (χ2v) is 6.35. The van der Waals surface area contributed by atoms with Crippen LogP contribution >= 0.6 is 11.6 Å². The second-order valence-electron chi connectivity index (χ2n) is 5.97. The fourth-order valence-electron chi connectivity index (χ4n) is 3.08. The summed E-state index contributed by atoms with van der Waals surface area (Å²) in [4.78, 5) is 2.46. The molecule has 21 heavy (non-hydrogen) atoms. The van der Waals surface area contributed by atoms with Gasteiger partial charge in [0.1, 0.15) is 13.2 Å². The van der Waals surface area contributed by atoms with Gasteiger partial charge >= 0.3 is 0 Å². The van der Waals surface area contributed by atoms with Crippen LogP contribution in [0.1, 0.15) is 30.9 Å². The number of fused-ring (bicyclic) bond motifs is 1. The van der Waals surface area contributed by atoms with E-state index in [1.165, 1.54) is 11.1 Å². The van der Waals surface area contributed by atoms with Crippen LogP contribution in [0.3, 0.4) is 0 Å². The Balaban J connectivity index is 1.95. The van der Waals surface area contributed by atoms with E-state index in [2.05, 4.69) is 30.1 Å². The summed E-state index contributed by atoms with van der Waals surface area (Å²) < 4.78 is 11.4. The Morgan fingerprint density at radius 3 is 2.67 bits per heavy atom. The summed E-state index contributed by atoms with van der Waals surface area (Å²) in [6.07, 6.45) is 0. The quantitative estimate of drug-likeness (QED) is 0.930. The maximum atomic E-state index is 6.61. The summed E-state index contributed by atoms with van der Waals surface area (Å²) in [5, 5.41) is 4.12. The summed E-state index contributed by atoms with van der Waals surface area (Å²) in [6.45, 7) is 10.7. The van der Waals surface area contributed by atoms with Crippen LogP contribution in [0, 0.1) is 0 Å². The van der Waals surface area contributed by atoms with E-state index >= 15 is 0 Å². The minimum atomic E-state index is 0.367. The smallest absolute Gasteiger partial charge is 0.180 e. The zero-order valence-electron chi connectivity index (χ0n) is 12.7. The van der Waals surface area contributed by atoms with Crippen molar-refractivity contribution < 1.29 is 9.47 Å². The highest BCUT2D eigenvalue weighted by Crippen LogP contribution is 2.44. The largest absolute Gasteiger partial charge is 0.486 e. The number of benzene rings is 1. The predicted molar refractivity (Wildman–Crippen MR) is 84.7 cm³/mol. The molecule has 5 heteroatoms. The fraction of sp³-hybridized carbons (Fsp3) is 0.625. The molecule has 0 amide bonds. The third kappa shape index (κ3) is 3.12. The molecule has 2 aliphatic heterocycles. The number of nitrogens with one attached hydrogen (secondary N) is 1. The zero-order chi connectivity index (χ0) is 14.8. The molecule has 0 unspecified atom stereocenters. The van der Waals surface area contributed by atoms with Crippen molar-refractivity contribution in [1.29, 1.82) is 0 Å². The maximum absolute atomic E-state index is 6.61. The van der Waals surface area contributed by atoms with Crippen LogP contribution in [-0.4, -0.2) is 44.3 Å². The Morgan fingerprint density at radius 2 is 1.95 bits per heavy atom. The van der Waals surface area contributed by atoms with Crippen molar-refractivity contribution in [3.8, 4) is 11.5 Å². The molecular formula is C16H23ClN2O2. The van der Waals surface area contributed by atoms with E-state index in [-0.39, 0.29) is 0 Å². The molecule has 0 bridgehead atoms. The molecule has 0 atom stereocenters. The Hall–Kier alpha value is -0.970. The molecule has 0 radical (unpaired) electrons. The third-order valence-corrected chi connectivity index (χ3v) is 4.45. The van der Waals surface area contributed by atoms with Gasteiger partial charge in [0.05, 0.1) is 5.02 Å². The highest BCUT2D eigenvalue weighted by molar-refractivity contribution is 6.33. The molecule has 1 N–H and O–H groups in total. The first kappa shape index (κ1) is 14.9. The van der Waals surface area contributed by atoms with E-state index < -0.39 is 0 Å². The fourth-order valence-corrected chi connectivity index (χ4v) is 3.56. The molecule has 116 valence electrons. The number of ether oxygens (including phenoxy) is 2. The lowest BCUT2D eigenvalue weighted by Gasteiger charge is -2.30. The molecule has 1 aromatic carbocycles. The van der Waals surface area contributed by atoms with Crippen LogP contribution in [0.2, 0.25) is 5.02 Å². The van der Waals surface area contributed by atoms with Crippen LogP contribution in [0.25, 0.3) is 0 Å². The molecule has 3 rings (SSSR count). The first-order chi connectivity index (χ1) is 10.2. The Labute approximate surface area is 131 Å². The van der Waals surface area contributed by atoms with Crippen molar-refractivity contribution in [2.75, 3.05) is 39.4 Å². The highest BCUT2D eigenvalue weighted by Gasteiger charge is 2.24. The van der Waals surface area contributed by atoms with Crippen LogP contribution in [-0.2, 0) is 6.54 Å². The SMILES string of the molecule is CC(C)c1c(CN2CCNCC2)cc2c(c1Cl)OCCO2. The molecule has 1 fully saturated rings. The van der Waals surface area contributed by atoms with Gasteiger partial charge in [-0.15, -0.1) is 0 Å². The van der Waals surface area contributed by atoms with Gasteiger partial charge in [-0.1, -0.05) is 25.4 Å². The van der Waals surface area contributed by atoms with Gasteiger partial charge in [0.2, 0.25) is 0 Å². The molecule has 0 aliphatic carbocycles. The number of rotatable bonds is 3. The van der Waals surface area contributed by atoms with E-state index in [1.54, 1.807) is 0 Å². The Bertz CT molecular complexity index is 513. The molecule has 2 aliphatic rings. The monoisotopic (exact) mass is 310 g/mol. The number of piperazine rings is 1. The molecule has 1 saturated heterocycles. The molecule has 0 spiro atoms. The number of nitrogens with zero attached hydrogens (tertiary/aromatic N) is 1. The van der Waals surface area contributed by atoms with Gasteiger partial charge in [-0.2, -0.15) is 0 Å². The standard InChI is InChI=1S/C16H23ClN2O2/c1-11(2)14-12(10-19-5-3-18-4-6-19)9-13-16(15(14)17)21-8-7-20-13/h9,11,18H,3-8,10H2,1-2H3. The van der Waals surface area contributed by atoms with Crippen molar-refractivity contribution >= 4 is 11.6 Å². The average Bonchev–Trinajstić information content (AvgIpc) is 2.48. The number of halogens is 1. The number of hydrogen-bond donors (Lipinski definition) is 1. The van der Waals surface area contributed by atoms with E-state index in [0.29, 0.717) is 19.1 Å². The third-order valence-electron chi connectivity index (χ3n) is 4.08. The molecule has 0 aromatic heterocycles. The van der Waals surface area contributed by atoms with Gasteiger partial charge in [0.15, 0.2) is 11.5 Å². The Kier molecular flexibility index (Phi) is 4.57. The molecular weight excluding hydrogens is 288 g/mol. The van der Waals surface area contributed by atoms with Crippen molar-refractivity contribution in [1.82, 2.24) is 10.2 Å². The van der Waals surface area contributed by atoms with Crippen molar-refractivity contribution in [2.24, 2.45) is 0 Å². The van der Waals surface area contributed by atoms with Crippen LogP contribution in [0.15, 0.2) is 6.07 Å². The topological polar surface area (TPSA) is 33.7 Å². The van der Waals surface area contributed by atoms with E-state index in [9.17, 15) is 0 Å². The molecule has 0 saturated carbocycles. The lowest BCUT2D eigenvalue weighted by atomic mass is 9.95. The van der Waals surface area contributed by atoms with E-state index in [1.807, 2.05) is 0 Å². The van der Waals surface area contributed by atoms with Gasteiger partial charge in [0, 0.05) is 32.7 Å². The Morgan fingerprint density at radius 1 is 1.24 bits per heavy atom. The minimum absolute atomic E-state index is 0.367. The number of hydrogen-bond acceptors (Lipinski definition) is 4. The predicted octanol–water partition coefficient (Wildman–Crippen LogP) is 2.64. The minimum Gasteiger partial charge on any atom is -0.486 e. The average molecular weight is 311 g/mol. The highest BCUT2D eigenvalue weighted by atomic mass is 35.5. The van der Waals surface area contributed by atoms with Gasteiger partial charge in [-0.25, -0.2) is 0 Å². The van der Waals surface area contributed by atoms with Crippen molar-refractivity contribution in [3.63, 3.8) is 0 Å². The summed E-state index contributed by atoms with van der Waals surface area (Å²) in [6, 6.07) is 2.12. The van der Waals surface area contributed by atoms with E-state index in [0.717, 1.165) is 49.2 Å². The summed E-state index contributed by atoms with van der Waals surface area (Å²) in [7, 11) is 0. The lowest BCUT2D eigenvalue weighted by molar-refractivity contribution is 0.170. The second kappa shape index (κ2) is 6.42. The normalized spacial score (nSPS) is 19.0.